The van der Waals surface area contributed by atoms with Crippen LogP contribution in [0.15, 0.2) is 23.1 Å². The Morgan fingerprint density at radius 3 is 2.68 bits per heavy atom. The van der Waals surface area contributed by atoms with Crippen LogP contribution in [0.2, 0.25) is 5.02 Å². The van der Waals surface area contributed by atoms with Crippen molar-refractivity contribution in [1.29, 1.82) is 0 Å². The van der Waals surface area contributed by atoms with Crippen LogP contribution in [0.3, 0.4) is 0 Å². The van der Waals surface area contributed by atoms with Crippen LogP contribution < -0.4 is 4.72 Å². The summed E-state index contributed by atoms with van der Waals surface area (Å²) in [6.45, 7) is 1.78. The Balaban J connectivity index is 3.13. The minimum Gasteiger partial charge on any atom is -0.383 e. The Labute approximate surface area is 115 Å². The van der Waals surface area contributed by atoms with E-state index in [1.165, 1.54) is 13.2 Å². The number of hydrogen-bond donors (Lipinski definition) is 1. The Hall–Kier alpha value is -1.22. The van der Waals surface area contributed by atoms with Gasteiger partial charge in [0.25, 0.3) is 5.69 Å². The van der Waals surface area contributed by atoms with Crippen molar-refractivity contribution in [2.24, 2.45) is 0 Å². The molecule has 1 aromatic rings. The van der Waals surface area contributed by atoms with Crippen molar-refractivity contribution in [1.82, 2.24) is 4.72 Å². The smallest absolute Gasteiger partial charge is 0.270 e. The van der Waals surface area contributed by atoms with Crippen LogP contribution >= 0.6 is 11.6 Å². The minimum atomic E-state index is -3.93. The maximum Gasteiger partial charge on any atom is 0.270 e. The Kier molecular flexibility index (Phi) is 5.24. The second kappa shape index (κ2) is 6.29. The molecule has 9 heteroatoms. The van der Waals surface area contributed by atoms with Gasteiger partial charge in [-0.3, -0.25) is 10.1 Å². The zero-order valence-corrected chi connectivity index (χ0v) is 11.9. The van der Waals surface area contributed by atoms with Gasteiger partial charge in [-0.25, -0.2) is 13.1 Å². The number of non-ortho nitro benzene ring substituents is 1. The molecule has 0 heterocycles. The Morgan fingerprint density at radius 1 is 1.53 bits per heavy atom. The van der Waals surface area contributed by atoms with E-state index in [2.05, 4.69) is 4.72 Å². The molecule has 1 rings (SSSR count). The lowest BCUT2D eigenvalue weighted by Gasteiger charge is -2.13. The molecule has 0 aliphatic heterocycles. The summed E-state index contributed by atoms with van der Waals surface area (Å²) in [6, 6.07) is 2.75. The highest BCUT2D eigenvalue weighted by molar-refractivity contribution is 7.89. The first-order chi connectivity index (χ1) is 8.77. The highest BCUT2D eigenvalue weighted by atomic mass is 35.5. The largest absolute Gasteiger partial charge is 0.383 e. The highest BCUT2D eigenvalue weighted by Crippen LogP contribution is 2.26. The number of nitro groups is 1. The van der Waals surface area contributed by atoms with E-state index in [-0.39, 0.29) is 22.2 Å². The lowest BCUT2D eigenvalue weighted by molar-refractivity contribution is -0.385. The Bertz CT molecular complexity index is 575. The number of methoxy groups -OCH3 is 1. The molecule has 0 aliphatic carbocycles. The van der Waals surface area contributed by atoms with Gasteiger partial charge in [-0.15, -0.1) is 0 Å². The predicted octanol–water partition coefficient (Wildman–Crippen LogP) is 1.56. The third-order valence-electron chi connectivity index (χ3n) is 2.19. The fourth-order valence-corrected chi connectivity index (χ4v) is 3.17. The molecule has 7 nitrogen and oxygen atoms in total. The summed E-state index contributed by atoms with van der Waals surface area (Å²) < 4.78 is 31.2. The molecule has 19 heavy (non-hydrogen) atoms. The topological polar surface area (TPSA) is 98.5 Å². The molecular formula is C10H13ClN2O5S. The van der Waals surface area contributed by atoms with Gasteiger partial charge in [-0.1, -0.05) is 11.6 Å². The molecule has 0 spiro atoms. The van der Waals surface area contributed by atoms with Crippen LogP contribution in [0.1, 0.15) is 6.92 Å². The number of nitro benzene ring substituents is 1. The van der Waals surface area contributed by atoms with E-state index in [0.29, 0.717) is 0 Å². The molecule has 0 saturated heterocycles. The average Bonchev–Trinajstić information content (AvgIpc) is 2.28. The molecule has 0 fully saturated rings. The van der Waals surface area contributed by atoms with Crippen molar-refractivity contribution in [2.75, 3.05) is 13.7 Å². The molecule has 0 amide bonds. The molecule has 1 unspecified atom stereocenters. The van der Waals surface area contributed by atoms with Crippen LogP contribution in [-0.4, -0.2) is 33.1 Å². The number of rotatable bonds is 6. The normalized spacial score (nSPS) is 13.2. The monoisotopic (exact) mass is 308 g/mol. The van der Waals surface area contributed by atoms with E-state index in [4.69, 9.17) is 16.3 Å². The first-order valence-electron chi connectivity index (χ1n) is 5.23. The number of halogens is 1. The lowest BCUT2D eigenvalue weighted by atomic mass is 10.3. The summed E-state index contributed by atoms with van der Waals surface area (Å²) in [7, 11) is -2.50. The van der Waals surface area contributed by atoms with Crippen molar-refractivity contribution in [2.45, 2.75) is 17.9 Å². The van der Waals surface area contributed by atoms with Gasteiger partial charge < -0.3 is 4.74 Å². The van der Waals surface area contributed by atoms with Crippen LogP contribution in [0.25, 0.3) is 0 Å². The molecule has 106 valence electrons. The highest BCUT2D eigenvalue weighted by Gasteiger charge is 2.23. The SMILES string of the molecule is COCC(C)NS(=O)(=O)c1cc([N+](=O)[O-])ccc1Cl. The predicted molar refractivity (Wildman–Crippen MR) is 69.8 cm³/mol. The van der Waals surface area contributed by atoms with Crippen molar-refractivity contribution < 1.29 is 18.1 Å². The first kappa shape index (κ1) is 15.8. The van der Waals surface area contributed by atoms with E-state index in [9.17, 15) is 18.5 Å². The molecule has 0 aromatic heterocycles. The van der Waals surface area contributed by atoms with Crippen LogP contribution in [0.4, 0.5) is 5.69 Å². The summed E-state index contributed by atoms with van der Waals surface area (Å²) in [4.78, 5) is 9.63. The zero-order chi connectivity index (χ0) is 14.6. The first-order valence-corrected chi connectivity index (χ1v) is 7.09. The standard InChI is InChI=1S/C10H13ClN2O5S/c1-7(6-18-2)12-19(16,17)10-5-8(13(14)15)3-4-9(10)11/h3-5,7,12H,6H2,1-2H3. The van der Waals surface area contributed by atoms with Crippen molar-refractivity contribution in [3.63, 3.8) is 0 Å². The van der Waals surface area contributed by atoms with Gasteiger partial charge >= 0.3 is 0 Å². The van der Waals surface area contributed by atoms with Crippen molar-refractivity contribution >= 4 is 27.3 Å². The number of hydrogen-bond acceptors (Lipinski definition) is 5. The van der Waals surface area contributed by atoms with Crippen molar-refractivity contribution in [3.8, 4) is 0 Å². The fourth-order valence-electron chi connectivity index (χ4n) is 1.42. The molecule has 0 bridgehead atoms. The van der Waals surface area contributed by atoms with E-state index in [0.717, 1.165) is 12.1 Å². The van der Waals surface area contributed by atoms with E-state index >= 15 is 0 Å². The Morgan fingerprint density at radius 2 is 2.16 bits per heavy atom. The maximum absolute atomic E-state index is 12.0. The molecule has 1 aromatic carbocycles. The summed E-state index contributed by atoms with van der Waals surface area (Å²) >= 11 is 5.77. The number of sulfonamides is 1. The zero-order valence-electron chi connectivity index (χ0n) is 10.3. The van der Waals surface area contributed by atoms with E-state index in [1.54, 1.807) is 6.92 Å². The van der Waals surface area contributed by atoms with Crippen LogP contribution in [0, 0.1) is 10.1 Å². The van der Waals surface area contributed by atoms with Crippen LogP contribution in [0.5, 0.6) is 0 Å². The third-order valence-corrected chi connectivity index (χ3v) is 4.26. The molecular weight excluding hydrogens is 296 g/mol. The number of nitrogens with one attached hydrogen (secondary N) is 1. The number of nitrogens with zero attached hydrogens (tertiary/aromatic N) is 1. The summed E-state index contributed by atoms with van der Waals surface area (Å²) in [6.07, 6.45) is 0. The molecule has 1 atom stereocenters. The van der Waals surface area contributed by atoms with Gasteiger partial charge in [-0.05, 0) is 13.0 Å². The van der Waals surface area contributed by atoms with E-state index in [1.807, 2.05) is 0 Å². The average molecular weight is 309 g/mol. The van der Waals surface area contributed by atoms with E-state index < -0.39 is 21.0 Å². The van der Waals surface area contributed by atoms with Crippen LogP contribution in [-0.2, 0) is 14.8 Å². The molecule has 1 N–H and O–H groups in total. The van der Waals surface area contributed by atoms with Gasteiger partial charge in [-0.2, -0.15) is 0 Å². The quantitative estimate of drug-likeness (QED) is 0.635. The summed E-state index contributed by atoms with van der Waals surface area (Å²) in [5, 5.41) is 10.6. The fraction of sp³-hybridized carbons (Fsp3) is 0.400. The van der Waals surface area contributed by atoms with Gasteiger partial charge in [0.15, 0.2) is 0 Å². The molecule has 0 radical (unpaired) electrons. The molecule has 0 aliphatic rings. The second-order valence-electron chi connectivity index (χ2n) is 3.85. The lowest BCUT2D eigenvalue weighted by Crippen LogP contribution is -2.35. The van der Waals surface area contributed by atoms with Gasteiger partial charge in [0, 0.05) is 25.3 Å². The summed E-state index contributed by atoms with van der Waals surface area (Å²) in [5.41, 5.74) is -0.343. The summed E-state index contributed by atoms with van der Waals surface area (Å²) in [5.74, 6) is 0. The van der Waals surface area contributed by atoms with Gasteiger partial charge in [0.05, 0.1) is 16.6 Å². The maximum atomic E-state index is 12.0. The number of ether oxygens (including phenoxy) is 1. The second-order valence-corrected chi connectivity index (χ2v) is 5.94. The minimum absolute atomic E-state index is 0.0808. The van der Waals surface area contributed by atoms with Gasteiger partial charge in [0.2, 0.25) is 10.0 Å². The van der Waals surface area contributed by atoms with Crippen molar-refractivity contribution in [3.05, 3.63) is 33.3 Å². The third kappa shape index (κ3) is 4.13. The number of benzene rings is 1. The van der Waals surface area contributed by atoms with Gasteiger partial charge in [0.1, 0.15) is 4.90 Å². The molecule has 0 saturated carbocycles.